The van der Waals surface area contributed by atoms with Crippen LogP contribution in [0.15, 0.2) is 41.2 Å². The summed E-state index contributed by atoms with van der Waals surface area (Å²) in [4.78, 5) is 26.4. The predicted molar refractivity (Wildman–Crippen MR) is 89.5 cm³/mol. The molecule has 2 amide bonds. The number of furan rings is 1. The van der Waals surface area contributed by atoms with Crippen LogP contribution in [0.5, 0.6) is 0 Å². The number of carbonyl (C=O) groups is 2. The van der Waals surface area contributed by atoms with Crippen molar-refractivity contribution in [3.05, 3.63) is 53.5 Å². The highest BCUT2D eigenvalue weighted by Gasteiger charge is 2.35. The summed E-state index contributed by atoms with van der Waals surface area (Å²) in [5.41, 5.74) is 4.57. The number of rotatable bonds is 4. The lowest BCUT2D eigenvalue weighted by Crippen LogP contribution is -2.32. The molecule has 0 bridgehead atoms. The molecule has 5 nitrogen and oxygen atoms in total. The first-order valence-corrected chi connectivity index (χ1v) is 8.41. The molecule has 1 aliphatic heterocycles. The third kappa shape index (κ3) is 2.82. The van der Waals surface area contributed by atoms with Gasteiger partial charge in [0.05, 0.1) is 18.4 Å². The summed E-state index contributed by atoms with van der Waals surface area (Å²) in [5.74, 6) is -0.345. The molecule has 2 aromatic rings. The number of nitrogens with one attached hydrogen (secondary N) is 1. The van der Waals surface area contributed by atoms with E-state index in [0.29, 0.717) is 13.1 Å². The summed E-state index contributed by atoms with van der Waals surface area (Å²) >= 11 is 0. The van der Waals surface area contributed by atoms with Gasteiger partial charge in [0.25, 0.3) is 0 Å². The fourth-order valence-electron chi connectivity index (χ4n) is 3.59. The van der Waals surface area contributed by atoms with Crippen molar-refractivity contribution in [2.24, 2.45) is 5.92 Å². The van der Waals surface area contributed by atoms with E-state index in [0.717, 1.165) is 24.1 Å². The molecule has 1 aromatic carbocycles. The van der Waals surface area contributed by atoms with Gasteiger partial charge in [-0.25, -0.2) is 0 Å². The summed E-state index contributed by atoms with van der Waals surface area (Å²) < 4.78 is 4.99. The average Bonchev–Trinajstić information content (AvgIpc) is 3.32. The summed E-state index contributed by atoms with van der Waals surface area (Å²) in [6, 6.07) is 8.06. The molecular formula is C19H20N2O3. The molecule has 1 unspecified atom stereocenters. The van der Waals surface area contributed by atoms with Crippen molar-refractivity contribution in [1.82, 2.24) is 5.32 Å². The van der Waals surface area contributed by atoms with Gasteiger partial charge in [0.15, 0.2) is 0 Å². The number of anilines is 1. The van der Waals surface area contributed by atoms with Crippen LogP contribution in [0.1, 0.15) is 29.5 Å². The maximum Gasteiger partial charge on any atom is 0.227 e. The zero-order valence-electron chi connectivity index (χ0n) is 13.5. The van der Waals surface area contributed by atoms with E-state index in [9.17, 15) is 9.59 Å². The van der Waals surface area contributed by atoms with Crippen molar-refractivity contribution in [1.29, 1.82) is 0 Å². The Morgan fingerprint density at radius 1 is 1.25 bits per heavy atom. The highest BCUT2D eigenvalue weighted by Crippen LogP contribution is 2.30. The van der Waals surface area contributed by atoms with E-state index >= 15 is 0 Å². The van der Waals surface area contributed by atoms with Gasteiger partial charge in [0.2, 0.25) is 11.8 Å². The first-order chi connectivity index (χ1) is 11.7. The Bertz CT molecular complexity index is 767. The lowest BCUT2D eigenvalue weighted by Gasteiger charge is -2.18. The summed E-state index contributed by atoms with van der Waals surface area (Å²) in [6.07, 6.45) is 6.86. The Morgan fingerprint density at radius 3 is 2.96 bits per heavy atom. The third-order valence-electron chi connectivity index (χ3n) is 4.94. The van der Waals surface area contributed by atoms with Crippen LogP contribution in [0.25, 0.3) is 0 Å². The average molecular weight is 324 g/mol. The predicted octanol–water partition coefficient (Wildman–Crippen LogP) is 2.44. The topological polar surface area (TPSA) is 62.6 Å². The molecule has 1 saturated heterocycles. The van der Waals surface area contributed by atoms with Gasteiger partial charge in [0, 0.05) is 30.8 Å². The molecule has 124 valence electrons. The van der Waals surface area contributed by atoms with E-state index in [1.807, 2.05) is 12.1 Å². The fraction of sp³-hybridized carbons (Fsp3) is 0.368. The van der Waals surface area contributed by atoms with E-state index in [1.54, 1.807) is 17.4 Å². The Balaban J connectivity index is 1.42. The normalized spacial score (nSPS) is 19.6. The number of carbonyl (C=O) groups excluding carboxylic acids is 2. The number of hydrogen-bond donors (Lipinski definition) is 1. The van der Waals surface area contributed by atoms with Crippen molar-refractivity contribution < 1.29 is 14.0 Å². The summed E-state index contributed by atoms with van der Waals surface area (Å²) in [6.45, 7) is 0.883. The van der Waals surface area contributed by atoms with Crippen LogP contribution in [-0.2, 0) is 29.0 Å². The van der Waals surface area contributed by atoms with E-state index < -0.39 is 0 Å². The van der Waals surface area contributed by atoms with Gasteiger partial charge in [-0.3, -0.25) is 9.59 Å². The molecule has 0 spiro atoms. The third-order valence-corrected chi connectivity index (χ3v) is 4.94. The van der Waals surface area contributed by atoms with Crippen LogP contribution in [-0.4, -0.2) is 18.4 Å². The molecule has 1 aliphatic carbocycles. The maximum atomic E-state index is 12.4. The van der Waals surface area contributed by atoms with Gasteiger partial charge in [-0.05, 0) is 48.6 Å². The minimum Gasteiger partial charge on any atom is -0.472 e. The number of amides is 2. The molecule has 2 heterocycles. The zero-order chi connectivity index (χ0) is 16.5. The van der Waals surface area contributed by atoms with Crippen LogP contribution >= 0.6 is 0 Å². The van der Waals surface area contributed by atoms with Gasteiger partial charge in [-0.2, -0.15) is 0 Å². The molecule has 24 heavy (non-hydrogen) atoms. The fourth-order valence-corrected chi connectivity index (χ4v) is 3.59. The van der Waals surface area contributed by atoms with Gasteiger partial charge in [-0.15, -0.1) is 0 Å². The second-order valence-corrected chi connectivity index (χ2v) is 6.56. The van der Waals surface area contributed by atoms with Crippen molar-refractivity contribution >= 4 is 17.5 Å². The monoisotopic (exact) mass is 324 g/mol. The molecule has 1 aromatic heterocycles. The van der Waals surface area contributed by atoms with E-state index in [1.165, 1.54) is 17.5 Å². The molecule has 1 atom stereocenters. The smallest absolute Gasteiger partial charge is 0.227 e. The maximum absolute atomic E-state index is 12.4. The largest absolute Gasteiger partial charge is 0.472 e. The van der Waals surface area contributed by atoms with E-state index in [2.05, 4.69) is 17.4 Å². The molecule has 4 rings (SSSR count). The van der Waals surface area contributed by atoms with E-state index in [4.69, 9.17) is 4.42 Å². The molecule has 2 aliphatic rings. The quantitative estimate of drug-likeness (QED) is 0.939. The van der Waals surface area contributed by atoms with Crippen molar-refractivity contribution in [3.63, 3.8) is 0 Å². The highest BCUT2D eigenvalue weighted by atomic mass is 16.3. The summed E-state index contributed by atoms with van der Waals surface area (Å²) in [7, 11) is 0. The standard InChI is InChI=1S/C19H20N2O3/c22-18-9-16(19(23)20-10-13-6-7-24-12-13)11-21(18)17-5-4-14-2-1-3-15(14)8-17/h4-8,12,16H,1-3,9-11H2,(H,20,23). The van der Waals surface area contributed by atoms with Crippen LogP contribution in [0, 0.1) is 5.92 Å². The van der Waals surface area contributed by atoms with Crippen molar-refractivity contribution in [2.75, 3.05) is 11.4 Å². The number of fused-ring (bicyclic) bond motifs is 1. The first kappa shape index (κ1) is 15.0. The molecule has 1 N–H and O–H groups in total. The zero-order valence-corrected chi connectivity index (χ0v) is 13.5. The Labute approximate surface area is 140 Å². The molecule has 5 heteroatoms. The minimum absolute atomic E-state index is 0.0245. The second kappa shape index (κ2) is 6.15. The van der Waals surface area contributed by atoms with Crippen molar-refractivity contribution in [2.45, 2.75) is 32.2 Å². The Morgan fingerprint density at radius 2 is 2.12 bits per heavy atom. The first-order valence-electron chi connectivity index (χ1n) is 8.41. The number of aryl methyl sites for hydroxylation is 2. The van der Waals surface area contributed by atoms with Crippen molar-refractivity contribution in [3.8, 4) is 0 Å². The Hall–Kier alpha value is -2.56. The SMILES string of the molecule is O=C(NCc1ccoc1)C1CC(=O)N(c2ccc3c(c2)CCC3)C1. The van der Waals surface area contributed by atoms with Gasteiger partial charge >= 0.3 is 0 Å². The van der Waals surface area contributed by atoms with Crippen LogP contribution in [0.4, 0.5) is 5.69 Å². The highest BCUT2D eigenvalue weighted by molar-refractivity contribution is 6.00. The van der Waals surface area contributed by atoms with Crippen LogP contribution in [0.2, 0.25) is 0 Å². The van der Waals surface area contributed by atoms with Crippen LogP contribution < -0.4 is 10.2 Å². The number of hydrogen-bond acceptors (Lipinski definition) is 3. The second-order valence-electron chi connectivity index (χ2n) is 6.56. The van der Waals surface area contributed by atoms with Crippen LogP contribution in [0.3, 0.4) is 0 Å². The molecular weight excluding hydrogens is 304 g/mol. The molecule has 1 fully saturated rings. The summed E-state index contributed by atoms with van der Waals surface area (Å²) in [5, 5.41) is 2.88. The van der Waals surface area contributed by atoms with Gasteiger partial charge in [-0.1, -0.05) is 6.07 Å². The van der Waals surface area contributed by atoms with Gasteiger partial charge in [0.1, 0.15) is 0 Å². The lowest BCUT2D eigenvalue weighted by atomic mass is 10.1. The molecule has 0 radical (unpaired) electrons. The number of nitrogens with zero attached hydrogens (tertiary/aromatic N) is 1. The number of benzene rings is 1. The Kier molecular flexibility index (Phi) is 3.84. The van der Waals surface area contributed by atoms with Gasteiger partial charge < -0.3 is 14.6 Å². The minimum atomic E-state index is -0.294. The van der Waals surface area contributed by atoms with E-state index in [-0.39, 0.29) is 24.2 Å². The molecule has 0 saturated carbocycles. The lowest BCUT2D eigenvalue weighted by molar-refractivity contribution is -0.126.